The van der Waals surface area contributed by atoms with Crippen molar-refractivity contribution in [3.8, 4) is 11.5 Å². The van der Waals surface area contributed by atoms with Crippen LogP contribution in [0, 0.1) is 0 Å². The Bertz CT molecular complexity index is 1080. The maximum atomic E-state index is 13.6. The van der Waals surface area contributed by atoms with Gasteiger partial charge in [-0.1, -0.05) is 40.4 Å². The van der Waals surface area contributed by atoms with E-state index >= 15 is 0 Å². The van der Waals surface area contributed by atoms with Crippen molar-refractivity contribution in [2.45, 2.75) is 83.5 Å². The summed E-state index contributed by atoms with van der Waals surface area (Å²) in [5, 5.41) is 0.132. The molecule has 0 aliphatic carbocycles. The van der Waals surface area contributed by atoms with Crippen LogP contribution in [0.4, 0.5) is 5.69 Å². The molecule has 3 rings (SSSR count). The molecule has 9 nitrogen and oxygen atoms in total. The van der Waals surface area contributed by atoms with E-state index in [0.717, 1.165) is 6.04 Å². The third-order valence-electron chi connectivity index (χ3n) is 7.79. The van der Waals surface area contributed by atoms with E-state index < -0.39 is 22.4 Å². The van der Waals surface area contributed by atoms with Gasteiger partial charge in [-0.2, -0.15) is 0 Å². The Morgan fingerprint density at radius 3 is 2.28 bits per heavy atom. The first-order chi connectivity index (χ1) is 18.1. The van der Waals surface area contributed by atoms with E-state index in [1.54, 1.807) is 12.1 Å². The minimum absolute atomic E-state index is 0.00571. The second-order valence-corrected chi connectivity index (χ2v) is 23.6. The molecular formula is C28H46N2O7Si2. The minimum atomic E-state index is -1.85. The van der Waals surface area contributed by atoms with E-state index in [9.17, 15) is 14.4 Å². The number of fused-ring (bicyclic) bond motifs is 2. The van der Waals surface area contributed by atoms with Crippen LogP contribution < -0.4 is 14.4 Å². The average Bonchev–Trinajstić information content (AvgIpc) is 3.20. The number of carbonyl (C=O) groups excluding carboxylic acids is 3. The van der Waals surface area contributed by atoms with Crippen LogP contribution in [0.25, 0.3) is 0 Å². The SMILES string of the molecule is COc1cc2c(cc1OCCCO[Si](C)(C)C(C)(C)C)N(COCC[Si](C)(C)C)C(=O)C1CC(=O)CN1C2=O. The van der Waals surface area contributed by atoms with Gasteiger partial charge in [0, 0.05) is 40.2 Å². The van der Waals surface area contributed by atoms with E-state index in [0.29, 0.717) is 49.0 Å². The Morgan fingerprint density at radius 1 is 0.974 bits per heavy atom. The van der Waals surface area contributed by atoms with Crippen molar-refractivity contribution in [3.05, 3.63) is 17.7 Å². The van der Waals surface area contributed by atoms with Crippen molar-refractivity contribution in [2.75, 3.05) is 45.1 Å². The molecule has 1 unspecified atom stereocenters. The van der Waals surface area contributed by atoms with Crippen LogP contribution in [0.1, 0.15) is 44.0 Å². The number of rotatable bonds is 12. The molecule has 2 aliphatic rings. The van der Waals surface area contributed by atoms with Gasteiger partial charge in [-0.15, -0.1) is 0 Å². The Labute approximate surface area is 235 Å². The van der Waals surface area contributed by atoms with Gasteiger partial charge in [0.2, 0.25) is 0 Å². The quantitative estimate of drug-likeness (QED) is 0.256. The maximum absolute atomic E-state index is 13.6. The molecule has 0 aromatic heterocycles. The summed E-state index contributed by atoms with van der Waals surface area (Å²) in [6.07, 6.45) is 0.699. The molecule has 11 heteroatoms. The highest BCUT2D eigenvalue weighted by Gasteiger charge is 2.45. The molecule has 1 saturated heterocycles. The number of ether oxygens (including phenoxy) is 3. The topological polar surface area (TPSA) is 94.6 Å². The summed E-state index contributed by atoms with van der Waals surface area (Å²) in [6.45, 7) is 19.3. The molecule has 1 fully saturated rings. The van der Waals surface area contributed by atoms with Gasteiger partial charge < -0.3 is 23.5 Å². The summed E-state index contributed by atoms with van der Waals surface area (Å²) in [7, 11) is -1.66. The second-order valence-electron chi connectivity index (χ2n) is 13.1. The number of amides is 2. The number of hydrogen-bond acceptors (Lipinski definition) is 7. The molecule has 1 atom stereocenters. The van der Waals surface area contributed by atoms with Gasteiger partial charge >= 0.3 is 0 Å². The molecule has 0 radical (unpaired) electrons. The van der Waals surface area contributed by atoms with Gasteiger partial charge in [0.1, 0.15) is 12.8 Å². The Kier molecular flexibility index (Phi) is 9.73. The lowest BCUT2D eigenvalue weighted by molar-refractivity contribution is -0.124. The van der Waals surface area contributed by atoms with Crippen molar-refractivity contribution < 1.29 is 33.0 Å². The Morgan fingerprint density at radius 2 is 1.67 bits per heavy atom. The summed E-state index contributed by atoms with van der Waals surface area (Å²) in [5.74, 6) is 0.0145. The third-order valence-corrected chi connectivity index (χ3v) is 14.0. The van der Waals surface area contributed by atoms with Crippen molar-refractivity contribution >= 4 is 39.7 Å². The molecule has 2 heterocycles. The van der Waals surface area contributed by atoms with Crippen LogP contribution in [0.2, 0.25) is 43.8 Å². The lowest BCUT2D eigenvalue weighted by Crippen LogP contribution is -2.45. The number of carbonyl (C=O) groups is 3. The Balaban J connectivity index is 1.83. The van der Waals surface area contributed by atoms with Gasteiger partial charge in [0.05, 0.1) is 31.5 Å². The first kappa shape index (κ1) is 31.3. The predicted octanol–water partition coefficient (Wildman–Crippen LogP) is 4.93. The molecule has 218 valence electrons. The number of benzene rings is 1. The number of anilines is 1. The highest BCUT2D eigenvalue weighted by molar-refractivity contribution is 6.76. The largest absolute Gasteiger partial charge is 0.493 e. The van der Waals surface area contributed by atoms with E-state index in [1.165, 1.54) is 16.9 Å². The molecule has 39 heavy (non-hydrogen) atoms. The molecular weight excluding hydrogens is 532 g/mol. The van der Waals surface area contributed by atoms with Crippen molar-refractivity contribution in [3.63, 3.8) is 0 Å². The van der Waals surface area contributed by atoms with Crippen LogP contribution in [0.3, 0.4) is 0 Å². The summed E-state index contributed by atoms with van der Waals surface area (Å²) in [5.41, 5.74) is 0.702. The highest BCUT2D eigenvalue weighted by atomic mass is 28.4. The fourth-order valence-corrected chi connectivity index (χ4v) is 6.09. The van der Waals surface area contributed by atoms with Gasteiger partial charge in [0.25, 0.3) is 11.8 Å². The van der Waals surface area contributed by atoms with Crippen LogP contribution in [-0.2, 0) is 18.8 Å². The van der Waals surface area contributed by atoms with E-state index in [2.05, 4.69) is 53.5 Å². The predicted molar refractivity (Wildman–Crippen MR) is 157 cm³/mol. The molecule has 1 aromatic carbocycles. The molecule has 0 saturated carbocycles. The van der Waals surface area contributed by atoms with Crippen LogP contribution in [0.15, 0.2) is 12.1 Å². The van der Waals surface area contributed by atoms with Gasteiger partial charge in [-0.25, -0.2) is 0 Å². The second kappa shape index (κ2) is 12.1. The number of hydrogen-bond donors (Lipinski definition) is 0. The van der Waals surface area contributed by atoms with Crippen molar-refractivity contribution in [2.24, 2.45) is 0 Å². The molecule has 1 aromatic rings. The summed E-state index contributed by atoms with van der Waals surface area (Å²) in [4.78, 5) is 42.2. The van der Waals surface area contributed by atoms with Gasteiger partial charge in [-0.3, -0.25) is 19.3 Å². The first-order valence-electron chi connectivity index (χ1n) is 13.8. The number of nitrogens with zero attached hydrogens (tertiary/aromatic N) is 2. The highest BCUT2D eigenvalue weighted by Crippen LogP contribution is 2.40. The van der Waals surface area contributed by atoms with Crippen molar-refractivity contribution in [1.29, 1.82) is 0 Å². The average molecular weight is 579 g/mol. The third kappa shape index (κ3) is 7.50. The van der Waals surface area contributed by atoms with Crippen LogP contribution >= 0.6 is 0 Å². The lowest BCUT2D eigenvalue weighted by Gasteiger charge is -2.36. The summed E-state index contributed by atoms with van der Waals surface area (Å²) >= 11 is 0. The minimum Gasteiger partial charge on any atom is -0.493 e. The lowest BCUT2D eigenvalue weighted by atomic mass is 10.1. The number of Topliss-reactive ketones (excluding diaryl/α,β-unsaturated/α-hetero) is 1. The zero-order chi connectivity index (χ0) is 29.2. The number of methoxy groups -OCH3 is 1. The molecule has 0 N–H and O–H groups in total. The summed E-state index contributed by atoms with van der Waals surface area (Å²) in [6, 6.07) is 3.40. The zero-order valence-electron chi connectivity index (χ0n) is 25.1. The zero-order valence-corrected chi connectivity index (χ0v) is 27.1. The van der Waals surface area contributed by atoms with Crippen LogP contribution in [-0.4, -0.2) is 85.1 Å². The number of ketones is 1. The monoisotopic (exact) mass is 578 g/mol. The molecule has 0 bridgehead atoms. The maximum Gasteiger partial charge on any atom is 0.257 e. The van der Waals surface area contributed by atoms with E-state index in [1.807, 2.05) is 0 Å². The smallest absolute Gasteiger partial charge is 0.257 e. The van der Waals surface area contributed by atoms with Gasteiger partial charge in [-0.05, 0) is 30.2 Å². The first-order valence-corrected chi connectivity index (χ1v) is 20.4. The van der Waals surface area contributed by atoms with E-state index in [-0.39, 0.29) is 42.3 Å². The Hall–Kier alpha value is -2.22. The van der Waals surface area contributed by atoms with E-state index in [4.69, 9.17) is 18.6 Å². The normalized spacial score (nSPS) is 18.3. The fourth-order valence-electron chi connectivity index (χ4n) is 4.25. The molecule has 2 amide bonds. The van der Waals surface area contributed by atoms with Crippen molar-refractivity contribution in [1.82, 2.24) is 4.90 Å². The summed E-state index contributed by atoms with van der Waals surface area (Å²) < 4.78 is 23.9. The van der Waals surface area contributed by atoms with Crippen LogP contribution in [0.5, 0.6) is 11.5 Å². The van der Waals surface area contributed by atoms with Gasteiger partial charge in [0.15, 0.2) is 25.6 Å². The fraction of sp³-hybridized carbons (Fsp3) is 0.679. The molecule has 2 aliphatic heterocycles. The standard InChI is InChI=1S/C28H46N2O7Si2/c1-28(2,3)39(8,9)37-12-10-11-36-25-17-22-21(16-24(25)34-4)26(32)29-18-20(31)15-23(29)27(33)30(22)19-35-13-14-38(5,6)7/h16-17,23H,10-15,18-19H2,1-9H3. The molecule has 0 spiro atoms.